The van der Waals surface area contributed by atoms with Gasteiger partial charge in [-0.1, -0.05) is 72.8 Å². The van der Waals surface area contributed by atoms with Gasteiger partial charge in [0, 0.05) is 27.7 Å². The van der Waals surface area contributed by atoms with Crippen LogP contribution in [0.4, 0.5) is 9.18 Å². The molecule has 0 bridgehead atoms. The van der Waals surface area contributed by atoms with Crippen LogP contribution in [-0.2, 0) is 17.9 Å². The number of amides is 2. The second-order valence-corrected chi connectivity index (χ2v) is 10.1. The number of thioether (sulfide) groups is 1. The van der Waals surface area contributed by atoms with Crippen LogP contribution in [0.3, 0.4) is 0 Å². The molecule has 4 aromatic carbocycles. The molecule has 6 rings (SSSR count). The van der Waals surface area contributed by atoms with Gasteiger partial charge in [-0.25, -0.2) is 4.39 Å². The maximum absolute atomic E-state index is 14.4. The van der Waals surface area contributed by atoms with Crippen LogP contribution in [0.5, 0.6) is 0 Å². The fourth-order valence-corrected chi connectivity index (χ4v) is 5.75. The number of hydrogen-bond acceptors (Lipinski definition) is 3. The third-order valence-corrected chi connectivity index (χ3v) is 7.78. The molecule has 0 atom stereocenters. The van der Waals surface area contributed by atoms with Crippen molar-refractivity contribution in [3.63, 3.8) is 0 Å². The maximum atomic E-state index is 14.4. The van der Waals surface area contributed by atoms with Crippen LogP contribution in [0.15, 0.2) is 95.9 Å². The molecule has 0 radical (unpaired) electrons. The topological polar surface area (TPSA) is 42.3 Å². The highest BCUT2D eigenvalue weighted by Gasteiger charge is 2.35. The molecule has 5 aromatic rings. The van der Waals surface area contributed by atoms with E-state index in [1.54, 1.807) is 18.2 Å². The average Bonchev–Trinajstić information content (AvgIpc) is 3.33. The fourth-order valence-electron chi connectivity index (χ4n) is 4.93. The number of aromatic nitrogens is 1. The SMILES string of the molecule is Cc1c(/C=C2\SC(=O)N(Cc3ccc4ccccc4c3)C2=O)c2ccccc2n1Cc1ccccc1F. The lowest BCUT2D eigenvalue weighted by Crippen LogP contribution is -2.27. The summed E-state index contributed by atoms with van der Waals surface area (Å²) in [4.78, 5) is 27.9. The van der Waals surface area contributed by atoms with Crippen molar-refractivity contribution in [1.29, 1.82) is 0 Å². The van der Waals surface area contributed by atoms with Gasteiger partial charge in [0.05, 0.1) is 18.0 Å². The standard InChI is InChI=1S/C31H23FN2O2S/c1-20-26(25-11-5-7-13-28(25)33(20)19-24-10-4-6-12-27(24)32)17-29-30(35)34(31(36)37-29)18-21-14-15-22-8-2-3-9-23(22)16-21/h2-17H,18-19H2,1H3/b29-17-. The summed E-state index contributed by atoms with van der Waals surface area (Å²) in [6.07, 6.45) is 1.81. The van der Waals surface area contributed by atoms with E-state index < -0.39 is 0 Å². The number of nitrogens with zero attached hydrogens (tertiary/aromatic N) is 2. The van der Waals surface area contributed by atoms with Crippen molar-refractivity contribution >= 4 is 50.7 Å². The van der Waals surface area contributed by atoms with E-state index in [-0.39, 0.29) is 23.5 Å². The average molecular weight is 507 g/mol. The molecular weight excluding hydrogens is 483 g/mol. The van der Waals surface area contributed by atoms with E-state index in [1.807, 2.05) is 79.7 Å². The summed E-state index contributed by atoms with van der Waals surface area (Å²) in [6.45, 7) is 2.56. The summed E-state index contributed by atoms with van der Waals surface area (Å²) in [5.74, 6) is -0.551. The van der Waals surface area contributed by atoms with Gasteiger partial charge < -0.3 is 4.57 Å². The highest BCUT2D eigenvalue weighted by Crippen LogP contribution is 2.36. The molecule has 2 heterocycles. The van der Waals surface area contributed by atoms with Crippen LogP contribution in [0.25, 0.3) is 27.8 Å². The molecule has 1 aromatic heterocycles. The quantitative estimate of drug-likeness (QED) is 0.232. The van der Waals surface area contributed by atoms with Crippen LogP contribution in [-0.4, -0.2) is 20.6 Å². The van der Waals surface area contributed by atoms with Gasteiger partial charge >= 0.3 is 0 Å². The first kappa shape index (κ1) is 23.3. The normalized spacial score (nSPS) is 15.0. The molecule has 2 amide bonds. The van der Waals surface area contributed by atoms with Crippen molar-refractivity contribution in [1.82, 2.24) is 9.47 Å². The van der Waals surface area contributed by atoms with Gasteiger partial charge in [-0.2, -0.15) is 0 Å². The number of benzene rings is 4. The largest absolute Gasteiger partial charge is 0.340 e. The molecule has 37 heavy (non-hydrogen) atoms. The lowest BCUT2D eigenvalue weighted by molar-refractivity contribution is -0.123. The first-order valence-electron chi connectivity index (χ1n) is 12.0. The zero-order valence-corrected chi connectivity index (χ0v) is 21.0. The van der Waals surface area contributed by atoms with Crippen LogP contribution in [0, 0.1) is 12.7 Å². The summed E-state index contributed by atoms with van der Waals surface area (Å²) in [5, 5.41) is 2.86. The molecule has 0 saturated carbocycles. The second kappa shape index (κ2) is 9.37. The first-order chi connectivity index (χ1) is 18.0. The van der Waals surface area contributed by atoms with E-state index in [2.05, 4.69) is 4.57 Å². The van der Waals surface area contributed by atoms with E-state index in [4.69, 9.17) is 0 Å². The maximum Gasteiger partial charge on any atom is 0.293 e. The summed E-state index contributed by atoms with van der Waals surface area (Å²) >= 11 is 0.962. The Bertz CT molecular complexity index is 1740. The van der Waals surface area contributed by atoms with Gasteiger partial charge in [-0.15, -0.1) is 0 Å². The number of hydrogen-bond donors (Lipinski definition) is 0. The zero-order valence-electron chi connectivity index (χ0n) is 20.1. The van der Waals surface area contributed by atoms with E-state index in [1.165, 1.54) is 11.0 Å². The highest BCUT2D eigenvalue weighted by molar-refractivity contribution is 8.18. The summed E-state index contributed by atoms with van der Waals surface area (Å²) in [6, 6.07) is 28.6. The van der Waals surface area contributed by atoms with Crippen LogP contribution >= 0.6 is 11.8 Å². The predicted octanol–water partition coefficient (Wildman–Crippen LogP) is 7.53. The third-order valence-electron chi connectivity index (χ3n) is 6.87. The molecule has 0 N–H and O–H groups in total. The Morgan fingerprint density at radius 3 is 2.41 bits per heavy atom. The van der Waals surface area contributed by atoms with Gasteiger partial charge in [0.1, 0.15) is 5.82 Å². The first-order valence-corrected chi connectivity index (χ1v) is 12.9. The van der Waals surface area contributed by atoms with Gasteiger partial charge in [0.15, 0.2) is 0 Å². The molecule has 1 aliphatic heterocycles. The van der Waals surface area contributed by atoms with Gasteiger partial charge in [0.2, 0.25) is 0 Å². The van der Waals surface area contributed by atoms with Crippen LogP contribution in [0.2, 0.25) is 0 Å². The Balaban J connectivity index is 1.34. The monoisotopic (exact) mass is 506 g/mol. The van der Waals surface area contributed by atoms with Gasteiger partial charge in [-0.3, -0.25) is 14.5 Å². The fraction of sp³-hybridized carbons (Fsp3) is 0.0968. The molecule has 0 unspecified atom stereocenters. The number of fused-ring (bicyclic) bond motifs is 2. The number of rotatable bonds is 5. The molecule has 1 fully saturated rings. The summed E-state index contributed by atoms with van der Waals surface area (Å²) in [7, 11) is 0. The minimum atomic E-state index is -0.298. The molecule has 0 aliphatic carbocycles. The van der Waals surface area contributed by atoms with E-state index in [0.29, 0.717) is 17.0 Å². The third kappa shape index (κ3) is 4.23. The Morgan fingerprint density at radius 1 is 0.838 bits per heavy atom. The van der Waals surface area contributed by atoms with Crippen molar-refractivity contribution in [2.75, 3.05) is 0 Å². The molecule has 182 valence electrons. The zero-order chi connectivity index (χ0) is 25.5. The van der Waals surface area contributed by atoms with Crippen molar-refractivity contribution < 1.29 is 14.0 Å². The Kier molecular flexibility index (Phi) is 5.89. The molecule has 6 heteroatoms. The van der Waals surface area contributed by atoms with Crippen LogP contribution < -0.4 is 0 Å². The number of halogens is 1. The number of para-hydroxylation sites is 1. The van der Waals surface area contributed by atoms with Crippen molar-refractivity contribution in [2.24, 2.45) is 0 Å². The van der Waals surface area contributed by atoms with Gasteiger partial charge in [-0.05, 0) is 59.3 Å². The lowest BCUT2D eigenvalue weighted by atomic mass is 10.1. The van der Waals surface area contributed by atoms with E-state index >= 15 is 0 Å². The number of carbonyl (C=O) groups is 2. The van der Waals surface area contributed by atoms with Gasteiger partial charge in [0.25, 0.3) is 11.1 Å². The van der Waals surface area contributed by atoms with Crippen molar-refractivity contribution in [3.8, 4) is 0 Å². The molecular formula is C31H23FN2O2S. The Morgan fingerprint density at radius 2 is 1.57 bits per heavy atom. The number of carbonyl (C=O) groups excluding carboxylic acids is 2. The highest BCUT2D eigenvalue weighted by atomic mass is 32.2. The minimum absolute atomic E-state index is 0.223. The van der Waals surface area contributed by atoms with Crippen LogP contribution in [0.1, 0.15) is 22.4 Å². The molecule has 1 aliphatic rings. The van der Waals surface area contributed by atoms with Crippen molar-refractivity contribution in [2.45, 2.75) is 20.0 Å². The smallest absolute Gasteiger partial charge is 0.293 e. The molecule has 4 nitrogen and oxygen atoms in total. The molecule has 1 saturated heterocycles. The Hall–Kier alpha value is -4.16. The summed E-state index contributed by atoms with van der Waals surface area (Å²) in [5.41, 5.74) is 4.22. The van der Waals surface area contributed by atoms with Crippen molar-refractivity contribution in [3.05, 3.63) is 124 Å². The van der Waals surface area contributed by atoms with E-state index in [0.717, 1.165) is 50.3 Å². The molecule has 0 spiro atoms. The Labute approximate surface area is 218 Å². The summed E-state index contributed by atoms with van der Waals surface area (Å²) < 4.78 is 16.5. The lowest BCUT2D eigenvalue weighted by Gasteiger charge is -2.13. The second-order valence-electron chi connectivity index (χ2n) is 9.14. The minimum Gasteiger partial charge on any atom is -0.340 e. The number of imide groups is 1. The predicted molar refractivity (Wildman–Crippen MR) is 148 cm³/mol. The van der Waals surface area contributed by atoms with E-state index in [9.17, 15) is 14.0 Å².